The lowest BCUT2D eigenvalue weighted by atomic mass is 10.1. The Morgan fingerprint density at radius 2 is 1.88 bits per heavy atom. The van der Waals surface area contributed by atoms with Crippen molar-refractivity contribution in [3.05, 3.63) is 29.3 Å². The van der Waals surface area contributed by atoms with E-state index in [4.69, 9.17) is 9.94 Å². The SMILES string of the molecule is COC(=O)c1cc(OC)cc(/C(C)=N/O)c1. The van der Waals surface area contributed by atoms with Gasteiger partial charge in [0.1, 0.15) is 5.75 Å². The van der Waals surface area contributed by atoms with Crippen molar-refractivity contribution in [2.24, 2.45) is 5.16 Å². The molecule has 0 atom stereocenters. The average Bonchev–Trinajstić information content (AvgIpc) is 2.35. The number of hydrogen-bond acceptors (Lipinski definition) is 5. The summed E-state index contributed by atoms with van der Waals surface area (Å²) >= 11 is 0. The molecule has 16 heavy (non-hydrogen) atoms. The van der Waals surface area contributed by atoms with Crippen molar-refractivity contribution in [1.82, 2.24) is 0 Å². The topological polar surface area (TPSA) is 68.1 Å². The smallest absolute Gasteiger partial charge is 0.338 e. The molecule has 0 amide bonds. The number of benzene rings is 1. The van der Waals surface area contributed by atoms with Crippen LogP contribution in [0.15, 0.2) is 23.4 Å². The number of carbonyl (C=O) groups excluding carboxylic acids is 1. The van der Waals surface area contributed by atoms with Gasteiger partial charge in [-0.15, -0.1) is 0 Å². The van der Waals surface area contributed by atoms with Crippen LogP contribution in [0.4, 0.5) is 0 Å². The maximum Gasteiger partial charge on any atom is 0.338 e. The van der Waals surface area contributed by atoms with Gasteiger partial charge in [0.25, 0.3) is 0 Å². The van der Waals surface area contributed by atoms with E-state index in [0.717, 1.165) is 0 Å². The van der Waals surface area contributed by atoms with E-state index in [1.165, 1.54) is 14.2 Å². The van der Waals surface area contributed by atoms with Crippen LogP contribution in [0.3, 0.4) is 0 Å². The van der Waals surface area contributed by atoms with Crippen LogP contribution in [0.1, 0.15) is 22.8 Å². The first kappa shape index (κ1) is 12.0. The number of carbonyl (C=O) groups is 1. The number of ether oxygens (including phenoxy) is 2. The Bertz CT molecular complexity index is 426. The van der Waals surface area contributed by atoms with Gasteiger partial charge in [0.05, 0.1) is 25.5 Å². The van der Waals surface area contributed by atoms with E-state index in [9.17, 15) is 4.79 Å². The van der Waals surface area contributed by atoms with Crippen LogP contribution in [-0.4, -0.2) is 31.1 Å². The van der Waals surface area contributed by atoms with Crippen molar-refractivity contribution >= 4 is 11.7 Å². The molecule has 5 heteroatoms. The molecule has 0 aliphatic heterocycles. The number of rotatable bonds is 3. The average molecular weight is 223 g/mol. The fraction of sp³-hybridized carbons (Fsp3) is 0.273. The highest BCUT2D eigenvalue weighted by atomic mass is 16.5. The minimum Gasteiger partial charge on any atom is -0.497 e. The van der Waals surface area contributed by atoms with Gasteiger partial charge >= 0.3 is 5.97 Å². The third-order valence-electron chi connectivity index (χ3n) is 2.13. The molecule has 0 radical (unpaired) electrons. The molecule has 0 unspecified atom stereocenters. The molecule has 0 aromatic heterocycles. The predicted octanol–water partition coefficient (Wildman–Crippen LogP) is 1.68. The maximum atomic E-state index is 11.4. The molecule has 0 heterocycles. The molecule has 5 nitrogen and oxygen atoms in total. The number of oxime groups is 1. The highest BCUT2D eigenvalue weighted by Gasteiger charge is 2.10. The Morgan fingerprint density at radius 3 is 2.38 bits per heavy atom. The molecule has 86 valence electrons. The number of esters is 1. The molecule has 0 spiro atoms. The summed E-state index contributed by atoms with van der Waals surface area (Å²) in [5, 5.41) is 11.7. The Hall–Kier alpha value is -2.04. The molecular formula is C11H13NO4. The minimum atomic E-state index is -0.467. The minimum absolute atomic E-state index is 0.347. The highest BCUT2D eigenvalue weighted by molar-refractivity contribution is 6.01. The zero-order valence-electron chi connectivity index (χ0n) is 9.35. The summed E-state index contributed by atoms with van der Waals surface area (Å²) in [5.41, 5.74) is 1.34. The summed E-state index contributed by atoms with van der Waals surface area (Å²) in [5.74, 6) is 0.0341. The van der Waals surface area contributed by atoms with Crippen molar-refractivity contribution in [2.45, 2.75) is 6.92 Å². The van der Waals surface area contributed by atoms with Crippen LogP contribution < -0.4 is 4.74 Å². The van der Waals surface area contributed by atoms with E-state index in [0.29, 0.717) is 22.6 Å². The van der Waals surface area contributed by atoms with E-state index < -0.39 is 5.97 Å². The van der Waals surface area contributed by atoms with E-state index in [2.05, 4.69) is 9.89 Å². The van der Waals surface area contributed by atoms with Gasteiger partial charge in [-0.2, -0.15) is 0 Å². The molecular weight excluding hydrogens is 210 g/mol. The summed E-state index contributed by atoms with van der Waals surface area (Å²) < 4.78 is 9.65. The van der Waals surface area contributed by atoms with Gasteiger partial charge in [0.15, 0.2) is 0 Å². The zero-order chi connectivity index (χ0) is 12.1. The van der Waals surface area contributed by atoms with Gasteiger partial charge < -0.3 is 14.7 Å². The van der Waals surface area contributed by atoms with Crippen molar-refractivity contribution in [1.29, 1.82) is 0 Å². The molecule has 1 aromatic rings. The maximum absolute atomic E-state index is 11.4. The van der Waals surface area contributed by atoms with Crippen LogP contribution in [0.2, 0.25) is 0 Å². The Morgan fingerprint density at radius 1 is 1.25 bits per heavy atom. The quantitative estimate of drug-likeness (QED) is 0.366. The third-order valence-corrected chi connectivity index (χ3v) is 2.13. The van der Waals surface area contributed by atoms with Gasteiger partial charge in [-0.3, -0.25) is 0 Å². The largest absolute Gasteiger partial charge is 0.497 e. The van der Waals surface area contributed by atoms with Crippen LogP contribution in [0, 0.1) is 0 Å². The first-order valence-corrected chi connectivity index (χ1v) is 4.58. The highest BCUT2D eigenvalue weighted by Crippen LogP contribution is 2.18. The normalized spacial score (nSPS) is 11.1. The summed E-state index contributed by atoms with van der Waals surface area (Å²) in [6.07, 6.45) is 0. The fourth-order valence-electron chi connectivity index (χ4n) is 1.22. The molecule has 0 bridgehead atoms. The van der Waals surface area contributed by atoms with Gasteiger partial charge in [0, 0.05) is 5.56 Å². The van der Waals surface area contributed by atoms with Gasteiger partial charge in [0.2, 0.25) is 0 Å². The number of methoxy groups -OCH3 is 2. The lowest BCUT2D eigenvalue weighted by Crippen LogP contribution is -2.05. The van der Waals surface area contributed by atoms with Gasteiger partial charge in [-0.05, 0) is 25.1 Å². The summed E-state index contributed by atoms with van der Waals surface area (Å²) in [6, 6.07) is 4.80. The Labute approximate surface area is 93.3 Å². The number of hydrogen-bond donors (Lipinski definition) is 1. The van der Waals surface area contributed by atoms with Crippen LogP contribution in [0.25, 0.3) is 0 Å². The monoisotopic (exact) mass is 223 g/mol. The molecule has 0 aliphatic carbocycles. The van der Waals surface area contributed by atoms with Crippen molar-refractivity contribution in [3.8, 4) is 5.75 Å². The molecule has 0 fully saturated rings. The lowest BCUT2D eigenvalue weighted by Gasteiger charge is -2.06. The van der Waals surface area contributed by atoms with E-state index in [-0.39, 0.29) is 0 Å². The molecule has 1 N–H and O–H groups in total. The summed E-state index contributed by atoms with van der Waals surface area (Å²) in [4.78, 5) is 11.4. The predicted molar refractivity (Wildman–Crippen MR) is 58.3 cm³/mol. The summed E-state index contributed by atoms with van der Waals surface area (Å²) in [6.45, 7) is 1.62. The molecule has 0 saturated heterocycles. The standard InChI is InChI=1S/C11H13NO4/c1-7(12-14)8-4-9(11(13)16-3)6-10(5-8)15-2/h4-6,14H,1-3H3/b12-7+. The second kappa shape index (κ2) is 5.16. The number of nitrogens with zero attached hydrogens (tertiary/aromatic N) is 1. The molecule has 0 saturated carbocycles. The molecule has 1 aromatic carbocycles. The Balaban J connectivity index is 3.26. The van der Waals surface area contributed by atoms with Crippen molar-refractivity contribution < 1.29 is 19.5 Å². The second-order valence-electron chi connectivity index (χ2n) is 3.13. The van der Waals surface area contributed by atoms with E-state index in [1.54, 1.807) is 25.1 Å². The summed E-state index contributed by atoms with van der Waals surface area (Å²) in [7, 11) is 2.79. The first-order chi connectivity index (χ1) is 7.62. The fourth-order valence-corrected chi connectivity index (χ4v) is 1.22. The Kier molecular flexibility index (Phi) is 3.88. The third kappa shape index (κ3) is 2.50. The zero-order valence-corrected chi connectivity index (χ0v) is 9.35. The van der Waals surface area contributed by atoms with E-state index >= 15 is 0 Å². The second-order valence-corrected chi connectivity index (χ2v) is 3.13. The van der Waals surface area contributed by atoms with Crippen molar-refractivity contribution in [3.63, 3.8) is 0 Å². The molecule has 1 rings (SSSR count). The van der Waals surface area contributed by atoms with E-state index in [1.807, 2.05) is 0 Å². The lowest BCUT2D eigenvalue weighted by molar-refractivity contribution is 0.0600. The van der Waals surface area contributed by atoms with Crippen LogP contribution in [0.5, 0.6) is 5.75 Å². The molecule has 0 aliphatic rings. The van der Waals surface area contributed by atoms with Crippen LogP contribution >= 0.6 is 0 Å². The van der Waals surface area contributed by atoms with Crippen LogP contribution in [-0.2, 0) is 4.74 Å². The first-order valence-electron chi connectivity index (χ1n) is 4.58. The van der Waals surface area contributed by atoms with Gasteiger partial charge in [-0.1, -0.05) is 5.16 Å². The van der Waals surface area contributed by atoms with Gasteiger partial charge in [-0.25, -0.2) is 4.79 Å². The van der Waals surface area contributed by atoms with Crippen molar-refractivity contribution in [2.75, 3.05) is 14.2 Å².